The smallest absolute Gasteiger partial charge is 0.225 e. The zero-order chi connectivity index (χ0) is 11.8. The molecule has 2 aliphatic carbocycles. The second kappa shape index (κ2) is 4.31. The summed E-state index contributed by atoms with van der Waals surface area (Å²) in [6, 6.07) is 0.858. The maximum Gasteiger partial charge on any atom is 0.225 e. The van der Waals surface area contributed by atoms with Crippen molar-refractivity contribution in [1.82, 2.24) is 10.2 Å². The summed E-state index contributed by atoms with van der Waals surface area (Å²) in [7, 11) is 0. The van der Waals surface area contributed by atoms with Crippen molar-refractivity contribution in [3.05, 3.63) is 0 Å². The van der Waals surface area contributed by atoms with Crippen molar-refractivity contribution in [1.29, 1.82) is 0 Å². The molecule has 1 N–H and O–H groups in total. The lowest BCUT2D eigenvalue weighted by Gasteiger charge is -2.34. The van der Waals surface area contributed by atoms with Crippen LogP contribution in [0.2, 0.25) is 0 Å². The van der Waals surface area contributed by atoms with Crippen LogP contribution in [0.5, 0.6) is 0 Å². The Hall–Kier alpha value is -1.06. The van der Waals surface area contributed by atoms with Gasteiger partial charge in [0.1, 0.15) is 0 Å². The third-order valence-electron chi connectivity index (χ3n) is 4.25. The predicted molar refractivity (Wildman–Crippen MR) is 63.2 cm³/mol. The van der Waals surface area contributed by atoms with Crippen LogP contribution in [0.4, 0.5) is 0 Å². The van der Waals surface area contributed by atoms with E-state index in [1.165, 1.54) is 6.42 Å². The minimum atomic E-state index is 0.0360. The molecule has 94 valence electrons. The number of carbonyl (C=O) groups is 2. The largest absolute Gasteiger partial charge is 0.353 e. The lowest BCUT2D eigenvalue weighted by Crippen LogP contribution is -2.49. The van der Waals surface area contributed by atoms with Gasteiger partial charge in [-0.2, -0.15) is 0 Å². The molecule has 0 aromatic heterocycles. The van der Waals surface area contributed by atoms with Crippen molar-refractivity contribution in [2.75, 3.05) is 6.54 Å². The topological polar surface area (TPSA) is 49.4 Å². The number of carbonyl (C=O) groups excluding carboxylic acids is 2. The minimum absolute atomic E-state index is 0.0360. The fourth-order valence-electron chi connectivity index (χ4n) is 2.70. The van der Waals surface area contributed by atoms with Gasteiger partial charge in [0.25, 0.3) is 0 Å². The van der Waals surface area contributed by atoms with E-state index in [-0.39, 0.29) is 17.7 Å². The minimum Gasteiger partial charge on any atom is -0.353 e. The first-order chi connectivity index (χ1) is 8.24. The normalized spacial score (nSPS) is 30.0. The highest BCUT2D eigenvalue weighted by molar-refractivity contribution is 5.84. The van der Waals surface area contributed by atoms with Gasteiger partial charge >= 0.3 is 0 Å². The third-order valence-corrected chi connectivity index (χ3v) is 4.25. The number of hydrogen-bond acceptors (Lipinski definition) is 2. The van der Waals surface area contributed by atoms with Gasteiger partial charge in [0, 0.05) is 25.0 Å². The van der Waals surface area contributed by atoms with Gasteiger partial charge in [0.05, 0.1) is 5.92 Å². The van der Waals surface area contributed by atoms with Crippen molar-refractivity contribution in [3.8, 4) is 0 Å². The van der Waals surface area contributed by atoms with E-state index in [0.717, 1.165) is 32.1 Å². The number of nitrogens with one attached hydrogen (secondary N) is 1. The number of nitrogens with zero attached hydrogens (tertiary/aromatic N) is 1. The number of likely N-dealkylation sites (tertiary alicyclic amines) is 1. The molecule has 3 aliphatic rings. The Morgan fingerprint density at radius 2 is 1.94 bits per heavy atom. The first-order valence-electron chi connectivity index (χ1n) is 6.84. The monoisotopic (exact) mass is 236 g/mol. The van der Waals surface area contributed by atoms with Gasteiger partial charge in [0.2, 0.25) is 11.8 Å². The number of piperidine rings is 1. The number of hydrogen-bond donors (Lipinski definition) is 1. The van der Waals surface area contributed by atoms with Gasteiger partial charge in [-0.25, -0.2) is 0 Å². The van der Waals surface area contributed by atoms with Crippen LogP contribution < -0.4 is 5.32 Å². The Kier molecular flexibility index (Phi) is 2.81. The van der Waals surface area contributed by atoms with Crippen LogP contribution in [0.1, 0.15) is 44.9 Å². The average Bonchev–Trinajstić information content (AvgIpc) is 3.07. The summed E-state index contributed by atoms with van der Waals surface area (Å²) >= 11 is 0. The first-order valence-corrected chi connectivity index (χ1v) is 6.84. The molecular formula is C13H20N2O2. The van der Waals surface area contributed by atoms with Crippen LogP contribution in [0.15, 0.2) is 0 Å². The van der Waals surface area contributed by atoms with Crippen molar-refractivity contribution in [2.24, 2.45) is 5.92 Å². The van der Waals surface area contributed by atoms with Gasteiger partial charge in [0.15, 0.2) is 0 Å². The van der Waals surface area contributed by atoms with E-state index in [4.69, 9.17) is 0 Å². The highest BCUT2D eigenvalue weighted by Gasteiger charge is 2.39. The maximum absolute atomic E-state index is 12.0. The van der Waals surface area contributed by atoms with E-state index >= 15 is 0 Å². The molecule has 3 rings (SSSR count). The van der Waals surface area contributed by atoms with Gasteiger partial charge in [-0.3, -0.25) is 9.59 Å². The Labute approximate surface area is 102 Å². The summed E-state index contributed by atoms with van der Waals surface area (Å²) in [5.41, 5.74) is 0. The van der Waals surface area contributed by atoms with E-state index in [2.05, 4.69) is 5.32 Å². The van der Waals surface area contributed by atoms with Gasteiger partial charge in [-0.15, -0.1) is 0 Å². The second-order valence-corrected chi connectivity index (χ2v) is 5.65. The predicted octanol–water partition coefficient (Wildman–Crippen LogP) is 1.06. The zero-order valence-electron chi connectivity index (χ0n) is 10.2. The molecule has 17 heavy (non-hydrogen) atoms. The highest BCUT2D eigenvalue weighted by Crippen LogP contribution is 2.32. The molecule has 1 aliphatic heterocycles. The van der Waals surface area contributed by atoms with E-state index in [1.807, 2.05) is 4.90 Å². The third kappa shape index (κ3) is 2.31. The summed E-state index contributed by atoms with van der Waals surface area (Å²) in [5, 5.41) is 3.10. The molecule has 3 fully saturated rings. The Morgan fingerprint density at radius 1 is 1.18 bits per heavy atom. The summed E-state index contributed by atoms with van der Waals surface area (Å²) in [5.74, 6) is 0.460. The van der Waals surface area contributed by atoms with E-state index in [1.54, 1.807) is 0 Å². The van der Waals surface area contributed by atoms with Crippen molar-refractivity contribution < 1.29 is 9.59 Å². The maximum atomic E-state index is 12.0. The van der Waals surface area contributed by atoms with Crippen LogP contribution in [0.3, 0.4) is 0 Å². The summed E-state index contributed by atoms with van der Waals surface area (Å²) in [6.45, 7) is 0.655. The molecule has 2 amide bonds. The molecule has 2 saturated carbocycles. The van der Waals surface area contributed by atoms with Crippen molar-refractivity contribution >= 4 is 11.8 Å². The molecule has 1 heterocycles. The molecule has 0 aromatic rings. The van der Waals surface area contributed by atoms with Crippen molar-refractivity contribution in [2.45, 2.75) is 57.0 Å². The zero-order valence-corrected chi connectivity index (χ0v) is 10.2. The Morgan fingerprint density at radius 3 is 2.53 bits per heavy atom. The van der Waals surface area contributed by atoms with Crippen LogP contribution in [0.25, 0.3) is 0 Å². The summed E-state index contributed by atoms with van der Waals surface area (Å²) in [4.78, 5) is 25.7. The highest BCUT2D eigenvalue weighted by atomic mass is 16.2. The van der Waals surface area contributed by atoms with E-state index < -0.39 is 0 Å². The van der Waals surface area contributed by atoms with Gasteiger partial charge < -0.3 is 10.2 Å². The lowest BCUT2D eigenvalue weighted by atomic mass is 9.91. The Bertz CT molecular complexity index is 334. The molecule has 0 radical (unpaired) electrons. The van der Waals surface area contributed by atoms with Crippen LogP contribution >= 0.6 is 0 Å². The molecule has 0 spiro atoms. The van der Waals surface area contributed by atoms with Gasteiger partial charge in [-0.05, 0) is 38.5 Å². The van der Waals surface area contributed by atoms with Crippen molar-refractivity contribution in [3.63, 3.8) is 0 Å². The molecular weight excluding hydrogens is 216 g/mol. The van der Waals surface area contributed by atoms with E-state index in [9.17, 15) is 9.59 Å². The fourth-order valence-corrected chi connectivity index (χ4v) is 2.70. The average molecular weight is 236 g/mol. The molecule has 1 atom stereocenters. The van der Waals surface area contributed by atoms with Crippen LogP contribution in [-0.4, -0.2) is 35.3 Å². The lowest BCUT2D eigenvalue weighted by molar-refractivity contribution is -0.139. The summed E-state index contributed by atoms with van der Waals surface area (Å²) < 4.78 is 0. The number of rotatable bonds is 3. The summed E-state index contributed by atoms with van der Waals surface area (Å²) in [6.07, 6.45) is 7.04. The molecule has 0 aromatic carbocycles. The molecule has 4 heteroatoms. The molecule has 1 saturated heterocycles. The van der Waals surface area contributed by atoms with E-state index in [0.29, 0.717) is 25.0 Å². The van der Waals surface area contributed by atoms with Crippen LogP contribution in [0, 0.1) is 5.92 Å². The Balaban J connectivity index is 1.55. The van der Waals surface area contributed by atoms with Crippen LogP contribution in [-0.2, 0) is 9.59 Å². The fraction of sp³-hybridized carbons (Fsp3) is 0.846. The quantitative estimate of drug-likeness (QED) is 0.796. The molecule has 0 unspecified atom stereocenters. The standard InChI is InChI=1S/C13H20N2O2/c16-12-7-4-9(8-15(12)11-5-6-11)13(17)14-10-2-1-3-10/h9-11H,1-8H2,(H,14,17)/t9-/m1/s1. The second-order valence-electron chi connectivity index (χ2n) is 5.65. The number of amides is 2. The SMILES string of the molecule is O=C(NC1CCC1)[C@@H]1CCC(=O)N(C2CC2)C1. The molecule has 0 bridgehead atoms. The molecule has 4 nitrogen and oxygen atoms in total. The first kappa shape index (κ1) is 11.1. The van der Waals surface area contributed by atoms with Gasteiger partial charge in [-0.1, -0.05) is 0 Å².